The first-order valence-corrected chi connectivity index (χ1v) is 11.0. The summed E-state index contributed by atoms with van der Waals surface area (Å²) < 4.78 is 0. The van der Waals surface area contributed by atoms with Crippen LogP contribution in [0.4, 0.5) is 5.69 Å². The number of unbranched alkanes of at least 4 members (excludes halogenated alkanes) is 1. The quantitative estimate of drug-likeness (QED) is 0.359. The van der Waals surface area contributed by atoms with Gasteiger partial charge in [-0.25, -0.2) is 9.78 Å². The van der Waals surface area contributed by atoms with Crippen LogP contribution in [0.3, 0.4) is 0 Å². The van der Waals surface area contributed by atoms with Gasteiger partial charge >= 0.3 is 5.97 Å². The van der Waals surface area contributed by atoms with Crippen LogP contribution >= 0.6 is 11.6 Å². The molecule has 0 amide bonds. The Hall–Kier alpha value is -2.11. The monoisotopic (exact) mass is 431 g/mol. The predicted octanol–water partition coefficient (Wildman–Crippen LogP) is 5.88. The summed E-state index contributed by atoms with van der Waals surface area (Å²) in [5.74, 6) is -1.06. The second-order valence-corrected chi connectivity index (χ2v) is 9.12. The minimum atomic E-state index is -1.06. The minimum Gasteiger partial charge on any atom is -0.476 e. The Balaban J connectivity index is 0.000000215. The highest BCUT2D eigenvalue weighted by Crippen LogP contribution is 2.27. The molecule has 1 aromatic heterocycles. The van der Waals surface area contributed by atoms with Gasteiger partial charge in [0.15, 0.2) is 5.69 Å². The van der Waals surface area contributed by atoms with Crippen LogP contribution in [0.15, 0.2) is 36.4 Å². The lowest BCUT2D eigenvalue weighted by atomic mass is 9.87. The third-order valence-corrected chi connectivity index (χ3v) is 5.07. The molecule has 0 radical (unpaired) electrons. The zero-order chi connectivity index (χ0) is 22.1. The maximum Gasteiger partial charge on any atom is 0.356 e. The number of rotatable bonds is 8. The summed E-state index contributed by atoms with van der Waals surface area (Å²) in [4.78, 5) is 14.6. The standard InChI is InChI=1S/C15H25N.C9H9ClN2O2/c1-5-6-11-16-12-13-7-9-14(10-8-13)15(2,3)4;10-7-4-3-6(11-5-1-2-5)8(12-7)9(13)14/h7-10,16H,5-6,11-12H2,1-4H3;3-5,11H,1-2H2,(H,13,14). The van der Waals surface area contributed by atoms with Crippen molar-refractivity contribution in [3.63, 3.8) is 0 Å². The number of nitrogens with one attached hydrogen (secondary N) is 2. The van der Waals surface area contributed by atoms with Crippen LogP contribution in [0.25, 0.3) is 0 Å². The Kier molecular flexibility index (Phi) is 9.12. The molecule has 5 nitrogen and oxygen atoms in total. The maximum absolute atomic E-state index is 10.8. The molecule has 1 saturated carbocycles. The van der Waals surface area contributed by atoms with E-state index in [0.29, 0.717) is 11.7 Å². The van der Waals surface area contributed by atoms with E-state index in [1.54, 1.807) is 12.1 Å². The summed E-state index contributed by atoms with van der Waals surface area (Å²) in [6.45, 7) is 11.1. The number of halogens is 1. The zero-order valence-corrected chi connectivity index (χ0v) is 19.2. The lowest BCUT2D eigenvalue weighted by Gasteiger charge is -2.19. The molecule has 0 unspecified atom stereocenters. The molecule has 3 N–H and O–H groups in total. The van der Waals surface area contributed by atoms with Crippen molar-refractivity contribution in [3.8, 4) is 0 Å². The van der Waals surface area contributed by atoms with Crippen LogP contribution in [-0.4, -0.2) is 28.6 Å². The Morgan fingerprint density at radius 3 is 2.37 bits per heavy atom. The topological polar surface area (TPSA) is 74.2 Å². The van der Waals surface area contributed by atoms with Gasteiger partial charge in [0.2, 0.25) is 0 Å². The Labute approximate surface area is 185 Å². The lowest BCUT2D eigenvalue weighted by Crippen LogP contribution is -2.15. The Morgan fingerprint density at radius 2 is 1.83 bits per heavy atom. The van der Waals surface area contributed by atoms with Crippen LogP contribution < -0.4 is 10.6 Å². The third-order valence-electron chi connectivity index (χ3n) is 4.86. The average molecular weight is 432 g/mol. The van der Waals surface area contributed by atoms with Gasteiger partial charge in [-0.3, -0.25) is 0 Å². The molecule has 1 heterocycles. The molecule has 2 aromatic rings. The van der Waals surface area contributed by atoms with Gasteiger partial charge in [0.25, 0.3) is 0 Å². The van der Waals surface area contributed by atoms with Crippen molar-refractivity contribution in [2.45, 2.75) is 71.4 Å². The molecule has 1 aliphatic rings. The molecule has 164 valence electrons. The number of benzene rings is 1. The molecule has 0 spiro atoms. The Morgan fingerprint density at radius 1 is 1.17 bits per heavy atom. The van der Waals surface area contributed by atoms with Crippen molar-refractivity contribution in [1.82, 2.24) is 10.3 Å². The number of hydrogen-bond acceptors (Lipinski definition) is 4. The highest BCUT2D eigenvalue weighted by molar-refractivity contribution is 6.29. The smallest absolute Gasteiger partial charge is 0.356 e. The van der Waals surface area contributed by atoms with Crippen molar-refractivity contribution in [2.24, 2.45) is 0 Å². The highest BCUT2D eigenvalue weighted by Gasteiger charge is 2.23. The number of carboxylic acid groups (broad SMARTS) is 1. The molecule has 6 heteroatoms. The van der Waals surface area contributed by atoms with E-state index in [9.17, 15) is 4.79 Å². The number of carbonyl (C=O) groups is 1. The molecular formula is C24H34ClN3O2. The number of aromatic nitrogens is 1. The summed E-state index contributed by atoms with van der Waals surface area (Å²) >= 11 is 5.61. The number of pyridine rings is 1. The average Bonchev–Trinajstić information content (AvgIpc) is 3.51. The zero-order valence-electron chi connectivity index (χ0n) is 18.5. The minimum absolute atomic E-state index is 0.00981. The molecule has 1 fully saturated rings. The van der Waals surface area contributed by atoms with Crippen molar-refractivity contribution in [2.75, 3.05) is 11.9 Å². The first-order chi connectivity index (χ1) is 14.2. The summed E-state index contributed by atoms with van der Waals surface area (Å²) in [5, 5.41) is 15.6. The largest absolute Gasteiger partial charge is 0.476 e. The van der Waals surface area contributed by atoms with Gasteiger partial charge in [0.1, 0.15) is 5.15 Å². The van der Waals surface area contributed by atoms with Crippen molar-refractivity contribution >= 4 is 23.3 Å². The van der Waals surface area contributed by atoms with Crippen molar-refractivity contribution < 1.29 is 9.90 Å². The van der Waals surface area contributed by atoms with Gasteiger partial charge < -0.3 is 15.7 Å². The van der Waals surface area contributed by atoms with Crippen LogP contribution in [0, 0.1) is 0 Å². The van der Waals surface area contributed by atoms with Crippen LogP contribution in [-0.2, 0) is 12.0 Å². The second kappa shape index (κ2) is 11.3. The van der Waals surface area contributed by atoms with Gasteiger partial charge in [0, 0.05) is 12.6 Å². The first kappa shape index (κ1) is 24.2. The van der Waals surface area contributed by atoms with E-state index in [0.717, 1.165) is 25.9 Å². The Bertz CT molecular complexity index is 812. The van der Waals surface area contributed by atoms with E-state index in [4.69, 9.17) is 16.7 Å². The third kappa shape index (κ3) is 8.33. The molecule has 3 rings (SSSR count). The number of aromatic carboxylic acids is 1. The van der Waals surface area contributed by atoms with Gasteiger partial charge in [0.05, 0.1) is 5.69 Å². The van der Waals surface area contributed by atoms with E-state index < -0.39 is 5.97 Å². The van der Waals surface area contributed by atoms with E-state index in [1.165, 1.54) is 24.0 Å². The molecule has 0 saturated heterocycles. The van der Waals surface area contributed by atoms with Gasteiger partial charge in [-0.15, -0.1) is 0 Å². The predicted molar refractivity (Wildman–Crippen MR) is 125 cm³/mol. The van der Waals surface area contributed by atoms with Gasteiger partial charge in [-0.1, -0.05) is 70.0 Å². The number of hydrogen-bond donors (Lipinski definition) is 3. The fraction of sp³-hybridized carbons (Fsp3) is 0.500. The summed E-state index contributed by atoms with van der Waals surface area (Å²) in [6, 6.07) is 12.6. The summed E-state index contributed by atoms with van der Waals surface area (Å²) in [7, 11) is 0. The van der Waals surface area contributed by atoms with E-state index in [1.807, 2.05) is 0 Å². The lowest BCUT2D eigenvalue weighted by molar-refractivity contribution is 0.0691. The molecule has 1 aliphatic carbocycles. The molecule has 0 aliphatic heterocycles. The van der Waals surface area contributed by atoms with Gasteiger partial charge in [-0.05, 0) is 54.5 Å². The summed E-state index contributed by atoms with van der Waals surface area (Å²) in [5.41, 5.74) is 3.58. The van der Waals surface area contributed by atoms with Crippen molar-refractivity contribution in [3.05, 3.63) is 58.4 Å². The molecular weight excluding hydrogens is 398 g/mol. The van der Waals surface area contributed by atoms with Crippen LogP contribution in [0.5, 0.6) is 0 Å². The van der Waals surface area contributed by atoms with Crippen molar-refractivity contribution in [1.29, 1.82) is 0 Å². The molecule has 0 atom stereocenters. The van der Waals surface area contributed by atoms with Gasteiger partial charge in [-0.2, -0.15) is 0 Å². The second-order valence-electron chi connectivity index (χ2n) is 8.73. The fourth-order valence-corrected chi connectivity index (χ4v) is 2.97. The molecule has 1 aromatic carbocycles. The normalized spacial score (nSPS) is 13.4. The van der Waals surface area contributed by atoms with E-state index in [-0.39, 0.29) is 16.3 Å². The molecule has 0 bridgehead atoms. The SMILES string of the molecule is CCCCNCc1ccc(C(C)(C)C)cc1.O=C(O)c1nc(Cl)ccc1NC1CC1. The summed E-state index contributed by atoms with van der Waals surface area (Å²) in [6.07, 6.45) is 4.69. The van der Waals surface area contributed by atoms with E-state index in [2.05, 4.69) is 67.6 Å². The maximum atomic E-state index is 10.8. The number of nitrogens with zero attached hydrogens (tertiary/aromatic N) is 1. The fourth-order valence-electron chi connectivity index (χ4n) is 2.82. The molecule has 30 heavy (non-hydrogen) atoms. The number of anilines is 1. The van der Waals surface area contributed by atoms with E-state index >= 15 is 0 Å². The first-order valence-electron chi connectivity index (χ1n) is 10.7. The van der Waals surface area contributed by atoms with Crippen LogP contribution in [0.2, 0.25) is 5.15 Å². The number of carboxylic acids is 1. The highest BCUT2D eigenvalue weighted by atomic mass is 35.5. The van der Waals surface area contributed by atoms with Crippen LogP contribution in [0.1, 0.15) is 75.0 Å².